The van der Waals surface area contributed by atoms with Gasteiger partial charge in [-0.1, -0.05) is 0 Å². The van der Waals surface area contributed by atoms with Crippen LogP contribution in [0.1, 0.15) is 5.82 Å². The fourth-order valence-electron chi connectivity index (χ4n) is 1.15. The molecule has 0 aliphatic carbocycles. The molecule has 2 heterocycles. The van der Waals surface area contributed by atoms with E-state index >= 15 is 0 Å². The molecule has 0 aliphatic heterocycles. The standard InChI is InChI=1S/C8H6N4O/c1-6-10-11-8-7(9-5-13)3-2-4-12(6)8/h2-4H,1H3. The molecule has 0 aromatic carbocycles. The van der Waals surface area contributed by atoms with Crippen molar-refractivity contribution in [3.8, 4) is 0 Å². The lowest BCUT2D eigenvalue weighted by Crippen LogP contribution is -1.85. The Morgan fingerprint density at radius 1 is 1.54 bits per heavy atom. The molecule has 0 N–H and O–H groups in total. The Bertz CT molecular complexity index is 496. The zero-order chi connectivity index (χ0) is 9.26. The van der Waals surface area contributed by atoms with Gasteiger partial charge in [-0.05, 0) is 19.1 Å². The Balaban J connectivity index is 2.84. The van der Waals surface area contributed by atoms with Crippen molar-refractivity contribution in [2.75, 3.05) is 0 Å². The molecule has 0 saturated carbocycles. The van der Waals surface area contributed by atoms with Crippen LogP contribution in [0.2, 0.25) is 0 Å². The Morgan fingerprint density at radius 3 is 3.15 bits per heavy atom. The van der Waals surface area contributed by atoms with Gasteiger partial charge in [0.05, 0.1) is 0 Å². The monoisotopic (exact) mass is 174 g/mol. The molecule has 64 valence electrons. The SMILES string of the molecule is Cc1nnc2c(N=C=O)cccn12. The third-order valence-electron chi connectivity index (χ3n) is 1.75. The maximum absolute atomic E-state index is 10.1. The molecule has 0 unspecified atom stereocenters. The summed E-state index contributed by atoms with van der Waals surface area (Å²) in [6, 6.07) is 3.47. The van der Waals surface area contributed by atoms with Gasteiger partial charge in [0.25, 0.3) is 0 Å². The van der Waals surface area contributed by atoms with Gasteiger partial charge < -0.3 is 0 Å². The fourth-order valence-corrected chi connectivity index (χ4v) is 1.15. The van der Waals surface area contributed by atoms with E-state index in [2.05, 4.69) is 15.2 Å². The molecule has 0 atom stereocenters. The lowest BCUT2D eigenvalue weighted by atomic mass is 10.4. The van der Waals surface area contributed by atoms with E-state index in [1.807, 2.05) is 13.1 Å². The van der Waals surface area contributed by atoms with Crippen molar-refractivity contribution in [2.24, 2.45) is 4.99 Å². The lowest BCUT2D eigenvalue weighted by Gasteiger charge is -1.94. The first kappa shape index (κ1) is 7.64. The number of fused-ring (bicyclic) bond motifs is 1. The molecule has 5 nitrogen and oxygen atoms in total. The molecule has 0 saturated heterocycles. The Labute approximate surface area is 73.7 Å². The third-order valence-corrected chi connectivity index (χ3v) is 1.75. The molecule has 0 amide bonds. The second kappa shape index (κ2) is 2.80. The fraction of sp³-hybridized carbons (Fsp3) is 0.125. The summed E-state index contributed by atoms with van der Waals surface area (Å²) in [7, 11) is 0. The van der Waals surface area contributed by atoms with Crippen molar-refractivity contribution in [2.45, 2.75) is 6.92 Å². The first-order chi connectivity index (χ1) is 6.33. The van der Waals surface area contributed by atoms with Gasteiger partial charge in [-0.3, -0.25) is 4.40 Å². The molecule has 5 heteroatoms. The molecule has 2 rings (SSSR count). The highest BCUT2D eigenvalue weighted by Gasteiger charge is 2.03. The summed E-state index contributed by atoms with van der Waals surface area (Å²) in [5.41, 5.74) is 1.06. The second-order valence-corrected chi connectivity index (χ2v) is 2.54. The molecule has 2 aromatic rings. The van der Waals surface area contributed by atoms with Gasteiger partial charge >= 0.3 is 0 Å². The predicted octanol–water partition coefficient (Wildman–Crippen LogP) is 1.01. The number of pyridine rings is 1. The lowest BCUT2D eigenvalue weighted by molar-refractivity contribution is 0.565. The predicted molar refractivity (Wildman–Crippen MR) is 45.5 cm³/mol. The Morgan fingerprint density at radius 2 is 2.38 bits per heavy atom. The quantitative estimate of drug-likeness (QED) is 0.478. The number of isocyanates is 1. The van der Waals surface area contributed by atoms with Gasteiger partial charge in [-0.15, -0.1) is 10.2 Å². The molecular weight excluding hydrogens is 168 g/mol. The normalized spacial score (nSPS) is 9.92. The molecule has 13 heavy (non-hydrogen) atoms. The smallest absolute Gasteiger partial charge is 0.240 e. The van der Waals surface area contributed by atoms with Crippen LogP contribution in [0.25, 0.3) is 5.65 Å². The summed E-state index contributed by atoms with van der Waals surface area (Å²) in [4.78, 5) is 13.6. The van der Waals surface area contributed by atoms with Crippen molar-refractivity contribution in [1.82, 2.24) is 14.6 Å². The third kappa shape index (κ3) is 1.11. The van der Waals surface area contributed by atoms with Crippen molar-refractivity contribution in [3.05, 3.63) is 24.2 Å². The number of aromatic nitrogens is 3. The molecule has 0 bridgehead atoms. The molecule has 0 radical (unpaired) electrons. The highest BCUT2D eigenvalue weighted by atomic mass is 16.1. The minimum atomic E-state index is 0.484. The highest BCUT2D eigenvalue weighted by molar-refractivity contribution is 5.66. The van der Waals surface area contributed by atoms with Crippen molar-refractivity contribution in [1.29, 1.82) is 0 Å². The van der Waals surface area contributed by atoms with Crippen LogP contribution in [0.5, 0.6) is 0 Å². The Kier molecular flexibility index (Phi) is 1.65. The van der Waals surface area contributed by atoms with Gasteiger partial charge in [-0.2, -0.15) is 4.99 Å². The first-order valence-electron chi connectivity index (χ1n) is 3.71. The van der Waals surface area contributed by atoms with E-state index in [0.717, 1.165) is 5.82 Å². The number of aliphatic imine (C=N–C) groups is 1. The van der Waals surface area contributed by atoms with Crippen LogP contribution >= 0.6 is 0 Å². The van der Waals surface area contributed by atoms with Crippen LogP contribution in [-0.4, -0.2) is 20.7 Å². The summed E-state index contributed by atoms with van der Waals surface area (Å²) in [5, 5.41) is 7.74. The average molecular weight is 174 g/mol. The van der Waals surface area contributed by atoms with E-state index in [1.165, 1.54) is 6.08 Å². The van der Waals surface area contributed by atoms with E-state index in [9.17, 15) is 4.79 Å². The van der Waals surface area contributed by atoms with Crippen LogP contribution in [0.3, 0.4) is 0 Å². The minimum absolute atomic E-state index is 0.484. The van der Waals surface area contributed by atoms with Gasteiger partial charge in [0, 0.05) is 6.20 Å². The van der Waals surface area contributed by atoms with Gasteiger partial charge in [0.15, 0.2) is 5.65 Å². The van der Waals surface area contributed by atoms with Gasteiger partial charge in [0.2, 0.25) is 6.08 Å². The molecule has 0 fully saturated rings. The molecule has 0 spiro atoms. The number of nitrogens with zero attached hydrogens (tertiary/aromatic N) is 4. The first-order valence-corrected chi connectivity index (χ1v) is 3.71. The number of carbonyl (C=O) groups excluding carboxylic acids is 1. The summed E-state index contributed by atoms with van der Waals surface area (Å²) in [6.45, 7) is 1.83. The van der Waals surface area contributed by atoms with Crippen LogP contribution in [0.4, 0.5) is 5.69 Å². The van der Waals surface area contributed by atoms with Crippen LogP contribution < -0.4 is 0 Å². The average Bonchev–Trinajstić information content (AvgIpc) is 2.50. The van der Waals surface area contributed by atoms with Crippen LogP contribution in [0, 0.1) is 6.92 Å². The summed E-state index contributed by atoms with van der Waals surface area (Å²) in [6.07, 6.45) is 3.29. The van der Waals surface area contributed by atoms with Crippen molar-refractivity contribution < 1.29 is 4.79 Å². The van der Waals surface area contributed by atoms with E-state index in [0.29, 0.717) is 11.3 Å². The summed E-state index contributed by atoms with van der Waals surface area (Å²) >= 11 is 0. The summed E-state index contributed by atoms with van der Waals surface area (Å²) < 4.78 is 1.76. The maximum Gasteiger partial charge on any atom is 0.240 e. The van der Waals surface area contributed by atoms with Gasteiger partial charge in [0.1, 0.15) is 11.5 Å². The van der Waals surface area contributed by atoms with E-state index in [4.69, 9.17) is 0 Å². The second-order valence-electron chi connectivity index (χ2n) is 2.54. The highest BCUT2D eigenvalue weighted by Crippen LogP contribution is 2.17. The molecule has 0 aliphatic rings. The minimum Gasteiger partial charge on any atom is -0.285 e. The largest absolute Gasteiger partial charge is 0.285 e. The van der Waals surface area contributed by atoms with Crippen LogP contribution in [0.15, 0.2) is 23.3 Å². The summed E-state index contributed by atoms with van der Waals surface area (Å²) in [5.74, 6) is 0.762. The molecular formula is C8H6N4O. The van der Waals surface area contributed by atoms with E-state index < -0.39 is 0 Å². The van der Waals surface area contributed by atoms with E-state index in [-0.39, 0.29) is 0 Å². The Hall–Kier alpha value is -2.00. The number of hydrogen-bond acceptors (Lipinski definition) is 4. The van der Waals surface area contributed by atoms with Crippen LogP contribution in [-0.2, 0) is 4.79 Å². The topological polar surface area (TPSA) is 59.6 Å². The maximum atomic E-state index is 10.1. The number of aryl methyl sites for hydroxylation is 1. The zero-order valence-electron chi connectivity index (χ0n) is 6.93. The van der Waals surface area contributed by atoms with Gasteiger partial charge in [-0.25, -0.2) is 4.79 Å². The zero-order valence-corrected chi connectivity index (χ0v) is 6.93. The van der Waals surface area contributed by atoms with Crippen molar-refractivity contribution in [3.63, 3.8) is 0 Å². The van der Waals surface area contributed by atoms with Crippen molar-refractivity contribution >= 4 is 17.4 Å². The number of hydrogen-bond donors (Lipinski definition) is 0. The van der Waals surface area contributed by atoms with E-state index in [1.54, 1.807) is 16.5 Å². The molecule has 2 aromatic heterocycles. The number of rotatable bonds is 1.